The van der Waals surface area contributed by atoms with Crippen molar-refractivity contribution in [3.8, 4) is 0 Å². The molecule has 1 saturated heterocycles. The average molecular weight is 254 g/mol. The van der Waals surface area contributed by atoms with Crippen LogP contribution in [0.1, 0.15) is 23.5 Å². The number of ether oxygens (including phenoxy) is 1. The third kappa shape index (κ3) is 2.28. The van der Waals surface area contributed by atoms with Crippen molar-refractivity contribution in [3.05, 3.63) is 30.1 Å². The van der Waals surface area contributed by atoms with Crippen molar-refractivity contribution in [1.29, 1.82) is 0 Å². The van der Waals surface area contributed by atoms with Crippen LogP contribution in [-0.4, -0.2) is 46.0 Å². The third-order valence-corrected chi connectivity index (χ3v) is 3.04. The minimum absolute atomic E-state index is 0.101. The Morgan fingerprint density at radius 3 is 2.72 bits per heavy atom. The van der Waals surface area contributed by atoms with Crippen LogP contribution in [0.5, 0.6) is 0 Å². The highest BCUT2D eigenvalue weighted by Crippen LogP contribution is 2.25. The molecule has 6 heteroatoms. The Hall–Kier alpha value is -1.34. The predicted octanol–water partition coefficient (Wildman–Crippen LogP) is -1.21. The van der Waals surface area contributed by atoms with E-state index in [0.717, 1.165) is 0 Å². The Labute approximate surface area is 104 Å². The number of hydrogen-bond acceptors (Lipinski definition) is 5. The van der Waals surface area contributed by atoms with Gasteiger partial charge < -0.3 is 20.1 Å². The molecule has 1 aliphatic heterocycles. The van der Waals surface area contributed by atoms with E-state index in [0.29, 0.717) is 5.56 Å². The Morgan fingerprint density at radius 2 is 2.17 bits per heavy atom. The molecule has 2 heterocycles. The van der Waals surface area contributed by atoms with E-state index < -0.39 is 24.5 Å². The van der Waals surface area contributed by atoms with Gasteiger partial charge in [-0.3, -0.25) is 4.79 Å². The highest BCUT2D eigenvalue weighted by molar-refractivity contribution is 5.93. The fourth-order valence-electron chi connectivity index (χ4n) is 1.99. The summed E-state index contributed by atoms with van der Waals surface area (Å²) in [5.41, 5.74) is 0.482. The number of carbonyl (C=O) groups excluding carboxylic acids is 1. The van der Waals surface area contributed by atoms with Gasteiger partial charge in [0, 0.05) is 6.07 Å². The van der Waals surface area contributed by atoms with Crippen LogP contribution in [0.3, 0.4) is 0 Å². The van der Waals surface area contributed by atoms with E-state index in [4.69, 9.17) is 9.84 Å². The van der Waals surface area contributed by atoms with Crippen molar-refractivity contribution in [2.45, 2.75) is 31.5 Å². The molecule has 0 bridgehead atoms. The number of aromatic nitrogens is 1. The van der Waals surface area contributed by atoms with E-state index >= 15 is 0 Å². The van der Waals surface area contributed by atoms with Crippen molar-refractivity contribution in [3.63, 3.8) is 0 Å². The normalized spacial score (nSPS) is 31.6. The van der Waals surface area contributed by atoms with Crippen molar-refractivity contribution >= 4 is 5.78 Å². The van der Waals surface area contributed by atoms with Crippen molar-refractivity contribution in [2.75, 3.05) is 6.61 Å². The first-order valence-corrected chi connectivity index (χ1v) is 5.69. The molecular weight excluding hydrogens is 238 g/mol. The summed E-state index contributed by atoms with van der Waals surface area (Å²) >= 11 is 0. The molecule has 98 valence electrons. The summed E-state index contributed by atoms with van der Waals surface area (Å²) in [6.07, 6.45) is -0.743. The zero-order valence-corrected chi connectivity index (χ0v) is 9.93. The molecular formula is C12H16NO5+. The summed E-state index contributed by atoms with van der Waals surface area (Å²) in [4.78, 5) is 11.3. The fraction of sp³-hybridized carbons (Fsp3) is 0.500. The molecule has 1 aromatic rings. The van der Waals surface area contributed by atoms with Gasteiger partial charge in [-0.1, -0.05) is 0 Å². The zero-order valence-electron chi connectivity index (χ0n) is 9.93. The van der Waals surface area contributed by atoms with Gasteiger partial charge in [-0.2, -0.15) is 4.57 Å². The third-order valence-electron chi connectivity index (χ3n) is 3.04. The lowest BCUT2D eigenvalue weighted by atomic mass is 10.1. The topological polar surface area (TPSA) is 90.9 Å². The summed E-state index contributed by atoms with van der Waals surface area (Å²) in [7, 11) is 0. The van der Waals surface area contributed by atoms with Gasteiger partial charge in [-0.05, 0) is 13.0 Å². The molecule has 4 atom stereocenters. The van der Waals surface area contributed by atoms with Gasteiger partial charge in [-0.25, -0.2) is 0 Å². The van der Waals surface area contributed by atoms with E-state index in [1.54, 1.807) is 24.5 Å². The number of rotatable bonds is 3. The number of hydrogen-bond donors (Lipinski definition) is 3. The van der Waals surface area contributed by atoms with Gasteiger partial charge in [0.15, 0.2) is 24.3 Å². The van der Waals surface area contributed by atoms with Crippen molar-refractivity contribution in [2.24, 2.45) is 0 Å². The molecule has 0 aromatic carbocycles. The van der Waals surface area contributed by atoms with Crippen LogP contribution in [0.4, 0.5) is 0 Å². The Balaban J connectivity index is 2.27. The maximum Gasteiger partial charge on any atom is 0.292 e. The highest BCUT2D eigenvalue weighted by atomic mass is 16.6. The standard InChI is InChI=1S/C12H16NO5/c1-7(15)8-3-2-4-13(5-8)12-11(17)10(16)9(6-14)18-12/h2-5,9-12,14,16-17H,6H2,1H3/q+1/t9?,10-,11?,12+/m0/s1. The molecule has 2 unspecified atom stereocenters. The molecule has 3 N–H and O–H groups in total. The van der Waals surface area contributed by atoms with E-state index in [1.807, 2.05) is 0 Å². The molecule has 0 spiro atoms. The van der Waals surface area contributed by atoms with Crippen molar-refractivity contribution in [1.82, 2.24) is 0 Å². The minimum Gasteiger partial charge on any atom is -0.394 e. The van der Waals surface area contributed by atoms with E-state index in [1.165, 1.54) is 11.5 Å². The Kier molecular flexibility index (Phi) is 3.72. The molecule has 2 rings (SSSR count). The lowest BCUT2D eigenvalue weighted by Crippen LogP contribution is -2.46. The van der Waals surface area contributed by atoms with Gasteiger partial charge >= 0.3 is 0 Å². The second-order valence-electron chi connectivity index (χ2n) is 4.32. The molecule has 0 radical (unpaired) electrons. The van der Waals surface area contributed by atoms with Crippen molar-refractivity contribution < 1.29 is 29.4 Å². The van der Waals surface area contributed by atoms with Crippen LogP contribution < -0.4 is 4.57 Å². The van der Waals surface area contributed by atoms with Gasteiger partial charge in [-0.15, -0.1) is 0 Å². The smallest absolute Gasteiger partial charge is 0.292 e. The van der Waals surface area contributed by atoms with Gasteiger partial charge in [0.25, 0.3) is 6.23 Å². The summed E-state index contributed by atoms with van der Waals surface area (Å²) in [6.45, 7) is 1.07. The molecule has 1 fully saturated rings. The molecule has 0 aliphatic carbocycles. The number of ketones is 1. The van der Waals surface area contributed by atoms with Crippen LogP contribution in [0.15, 0.2) is 24.5 Å². The van der Waals surface area contributed by atoms with Crippen LogP contribution >= 0.6 is 0 Å². The van der Waals surface area contributed by atoms with Gasteiger partial charge in [0.2, 0.25) is 0 Å². The summed E-state index contributed by atoms with van der Waals surface area (Å²) in [5.74, 6) is -0.101. The summed E-state index contributed by atoms with van der Waals surface area (Å²) < 4.78 is 6.87. The molecule has 0 amide bonds. The molecule has 6 nitrogen and oxygen atoms in total. The maximum atomic E-state index is 11.3. The highest BCUT2D eigenvalue weighted by Gasteiger charge is 2.47. The monoisotopic (exact) mass is 254 g/mol. The average Bonchev–Trinajstić information content (AvgIpc) is 2.66. The fourth-order valence-corrected chi connectivity index (χ4v) is 1.99. The quantitative estimate of drug-likeness (QED) is 0.465. The lowest BCUT2D eigenvalue weighted by molar-refractivity contribution is -0.765. The van der Waals surface area contributed by atoms with Gasteiger partial charge in [0.05, 0.1) is 12.2 Å². The number of aliphatic hydroxyl groups is 3. The zero-order chi connectivity index (χ0) is 13.3. The van der Waals surface area contributed by atoms with E-state index in [-0.39, 0.29) is 12.4 Å². The van der Waals surface area contributed by atoms with Gasteiger partial charge in [0.1, 0.15) is 12.2 Å². The first-order chi connectivity index (χ1) is 8.54. The number of carbonyl (C=O) groups is 1. The maximum absolute atomic E-state index is 11.3. The van der Waals surface area contributed by atoms with Crippen LogP contribution in [0, 0.1) is 0 Å². The lowest BCUT2D eigenvalue weighted by Gasteiger charge is -2.09. The summed E-state index contributed by atoms with van der Waals surface area (Å²) in [5, 5.41) is 28.5. The predicted molar refractivity (Wildman–Crippen MR) is 59.7 cm³/mol. The molecule has 1 aromatic heterocycles. The Morgan fingerprint density at radius 1 is 1.44 bits per heavy atom. The van der Waals surface area contributed by atoms with Crippen LogP contribution in [-0.2, 0) is 4.74 Å². The molecule has 18 heavy (non-hydrogen) atoms. The van der Waals surface area contributed by atoms with E-state index in [9.17, 15) is 15.0 Å². The number of nitrogens with zero attached hydrogens (tertiary/aromatic N) is 1. The number of pyridine rings is 1. The first kappa shape index (κ1) is 13.1. The van der Waals surface area contributed by atoms with E-state index in [2.05, 4.69) is 0 Å². The first-order valence-electron chi connectivity index (χ1n) is 5.69. The minimum atomic E-state index is -1.14. The largest absolute Gasteiger partial charge is 0.394 e. The second kappa shape index (κ2) is 5.11. The second-order valence-corrected chi connectivity index (χ2v) is 4.32. The Bertz CT molecular complexity index is 450. The van der Waals surface area contributed by atoms with Crippen LogP contribution in [0.25, 0.3) is 0 Å². The van der Waals surface area contributed by atoms with Crippen LogP contribution in [0.2, 0.25) is 0 Å². The number of Topliss-reactive ketones (excluding diaryl/α,β-unsaturated/α-hetero) is 1. The number of aliphatic hydroxyl groups excluding tert-OH is 3. The molecule has 1 aliphatic rings. The SMILES string of the molecule is CC(=O)c1ccc[n+]([C@@H]2OC(CO)[C@H](O)C2O)c1. The molecule has 0 saturated carbocycles. The summed E-state index contributed by atoms with van der Waals surface area (Å²) in [6, 6.07) is 3.31.